The Kier molecular flexibility index (Phi) is 6.61. The minimum atomic E-state index is -3.54. The van der Waals surface area contributed by atoms with Gasteiger partial charge in [0.05, 0.1) is 11.5 Å². The first-order chi connectivity index (χ1) is 9.44. The standard InChI is InChI=1S/C14H24N2O3S/c1-4-5-13(10-19-3)16-20(17,18)14-7-6-11(2)12(8-14)9-15/h6-8,13,16H,4-5,9-10,15H2,1-3H3. The molecule has 0 aliphatic rings. The van der Waals surface area contributed by atoms with Gasteiger partial charge in [-0.15, -0.1) is 0 Å². The van der Waals surface area contributed by atoms with Gasteiger partial charge < -0.3 is 10.5 Å². The van der Waals surface area contributed by atoms with Crippen LogP contribution < -0.4 is 10.5 Å². The number of ether oxygens (including phenoxy) is 1. The lowest BCUT2D eigenvalue weighted by molar-refractivity contribution is 0.171. The maximum Gasteiger partial charge on any atom is 0.240 e. The molecule has 114 valence electrons. The zero-order chi connectivity index (χ0) is 15.2. The van der Waals surface area contributed by atoms with Crippen LogP contribution in [-0.2, 0) is 21.3 Å². The monoisotopic (exact) mass is 300 g/mol. The van der Waals surface area contributed by atoms with Gasteiger partial charge in [0.15, 0.2) is 0 Å². The van der Waals surface area contributed by atoms with E-state index in [0.717, 1.165) is 24.0 Å². The molecular weight excluding hydrogens is 276 g/mol. The first-order valence-electron chi connectivity index (χ1n) is 6.75. The number of rotatable bonds is 8. The Balaban J connectivity index is 2.97. The molecule has 6 heteroatoms. The van der Waals surface area contributed by atoms with Gasteiger partial charge in [-0.3, -0.25) is 0 Å². The summed E-state index contributed by atoms with van der Waals surface area (Å²) in [6.45, 7) is 4.61. The van der Waals surface area contributed by atoms with E-state index in [0.29, 0.717) is 13.2 Å². The van der Waals surface area contributed by atoms with Crippen LogP contribution in [0.3, 0.4) is 0 Å². The molecule has 5 nitrogen and oxygen atoms in total. The molecule has 0 heterocycles. The summed E-state index contributed by atoms with van der Waals surface area (Å²) in [5.74, 6) is 0. The lowest BCUT2D eigenvalue weighted by Crippen LogP contribution is -2.37. The first-order valence-corrected chi connectivity index (χ1v) is 8.23. The highest BCUT2D eigenvalue weighted by atomic mass is 32.2. The summed E-state index contributed by atoms with van der Waals surface area (Å²) in [6.07, 6.45) is 1.63. The number of hydrogen-bond donors (Lipinski definition) is 2. The predicted octanol–water partition coefficient (Wildman–Crippen LogP) is 1.55. The second kappa shape index (κ2) is 7.73. The third-order valence-corrected chi connectivity index (χ3v) is 4.70. The molecule has 1 unspecified atom stereocenters. The van der Waals surface area contributed by atoms with Crippen molar-refractivity contribution < 1.29 is 13.2 Å². The topological polar surface area (TPSA) is 81.4 Å². The second-order valence-corrected chi connectivity index (χ2v) is 6.57. The van der Waals surface area contributed by atoms with Gasteiger partial charge in [0.1, 0.15) is 0 Å². The van der Waals surface area contributed by atoms with Crippen molar-refractivity contribution in [3.63, 3.8) is 0 Å². The van der Waals surface area contributed by atoms with E-state index in [1.54, 1.807) is 25.3 Å². The molecule has 0 aliphatic heterocycles. The first kappa shape index (κ1) is 17.1. The lowest BCUT2D eigenvalue weighted by Gasteiger charge is -2.17. The van der Waals surface area contributed by atoms with Gasteiger partial charge in [0.25, 0.3) is 0 Å². The molecule has 0 amide bonds. The minimum absolute atomic E-state index is 0.211. The average molecular weight is 300 g/mol. The van der Waals surface area contributed by atoms with Gasteiger partial charge >= 0.3 is 0 Å². The number of hydrogen-bond acceptors (Lipinski definition) is 4. The maximum absolute atomic E-state index is 12.4. The third kappa shape index (κ3) is 4.56. The Bertz CT molecular complexity index is 523. The van der Waals surface area contributed by atoms with Crippen LogP contribution in [0.25, 0.3) is 0 Å². The van der Waals surface area contributed by atoms with Crippen LogP contribution in [0.1, 0.15) is 30.9 Å². The van der Waals surface area contributed by atoms with Crippen molar-refractivity contribution >= 4 is 10.0 Å². The molecular formula is C14H24N2O3S. The van der Waals surface area contributed by atoms with Gasteiger partial charge in [0, 0.05) is 19.7 Å². The molecule has 0 radical (unpaired) electrons. The fourth-order valence-corrected chi connectivity index (χ4v) is 3.35. The quantitative estimate of drug-likeness (QED) is 0.763. The number of methoxy groups -OCH3 is 1. The maximum atomic E-state index is 12.4. The van der Waals surface area contributed by atoms with Gasteiger partial charge in [-0.2, -0.15) is 0 Å². The van der Waals surface area contributed by atoms with Crippen molar-refractivity contribution in [1.29, 1.82) is 0 Å². The number of benzene rings is 1. The molecule has 20 heavy (non-hydrogen) atoms. The molecule has 0 saturated carbocycles. The van der Waals surface area contributed by atoms with E-state index >= 15 is 0 Å². The van der Waals surface area contributed by atoms with Crippen LogP contribution in [0.5, 0.6) is 0 Å². The largest absolute Gasteiger partial charge is 0.383 e. The van der Waals surface area contributed by atoms with Crippen LogP contribution in [0.2, 0.25) is 0 Å². The second-order valence-electron chi connectivity index (χ2n) is 4.85. The normalized spacial score (nSPS) is 13.4. The fraction of sp³-hybridized carbons (Fsp3) is 0.571. The highest BCUT2D eigenvalue weighted by Gasteiger charge is 2.20. The van der Waals surface area contributed by atoms with Crippen molar-refractivity contribution in [2.75, 3.05) is 13.7 Å². The van der Waals surface area contributed by atoms with Crippen molar-refractivity contribution in [2.45, 2.75) is 44.2 Å². The summed E-state index contributed by atoms with van der Waals surface area (Å²) in [5, 5.41) is 0. The molecule has 0 spiro atoms. The van der Waals surface area contributed by atoms with Crippen molar-refractivity contribution in [2.24, 2.45) is 5.73 Å². The van der Waals surface area contributed by atoms with Crippen LogP contribution in [0.15, 0.2) is 23.1 Å². The Morgan fingerprint density at radius 2 is 2.10 bits per heavy atom. The highest BCUT2D eigenvalue weighted by molar-refractivity contribution is 7.89. The van der Waals surface area contributed by atoms with E-state index in [1.807, 2.05) is 13.8 Å². The van der Waals surface area contributed by atoms with Gasteiger partial charge in [-0.1, -0.05) is 19.4 Å². The summed E-state index contributed by atoms with van der Waals surface area (Å²) in [6, 6.07) is 4.81. The van der Waals surface area contributed by atoms with Gasteiger partial charge in [-0.05, 0) is 36.6 Å². The van der Waals surface area contributed by atoms with E-state index < -0.39 is 10.0 Å². The fourth-order valence-electron chi connectivity index (χ4n) is 2.05. The summed E-state index contributed by atoms with van der Waals surface area (Å²) in [5.41, 5.74) is 7.46. The number of aryl methyl sites for hydroxylation is 1. The molecule has 1 rings (SSSR count). The number of nitrogens with one attached hydrogen (secondary N) is 1. The summed E-state index contributed by atoms with van der Waals surface area (Å²) in [4.78, 5) is 0.251. The zero-order valence-electron chi connectivity index (χ0n) is 12.3. The smallest absolute Gasteiger partial charge is 0.240 e. The van der Waals surface area contributed by atoms with Crippen molar-refractivity contribution in [3.8, 4) is 0 Å². The summed E-state index contributed by atoms with van der Waals surface area (Å²) in [7, 11) is -1.97. The molecule has 0 fully saturated rings. The average Bonchev–Trinajstić information content (AvgIpc) is 2.39. The minimum Gasteiger partial charge on any atom is -0.383 e. The highest BCUT2D eigenvalue weighted by Crippen LogP contribution is 2.16. The Morgan fingerprint density at radius 1 is 1.40 bits per heavy atom. The molecule has 0 saturated heterocycles. The van der Waals surface area contributed by atoms with Crippen LogP contribution in [0, 0.1) is 6.92 Å². The number of sulfonamides is 1. The molecule has 0 aromatic heterocycles. The van der Waals surface area contributed by atoms with Gasteiger partial charge in [0.2, 0.25) is 10.0 Å². The summed E-state index contributed by atoms with van der Waals surface area (Å²) >= 11 is 0. The molecule has 0 aliphatic carbocycles. The van der Waals surface area contributed by atoms with E-state index in [1.165, 1.54) is 0 Å². The van der Waals surface area contributed by atoms with Gasteiger partial charge in [-0.25, -0.2) is 13.1 Å². The molecule has 3 N–H and O–H groups in total. The Labute approximate surface area is 121 Å². The van der Waals surface area contributed by atoms with Crippen molar-refractivity contribution in [3.05, 3.63) is 29.3 Å². The third-order valence-electron chi connectivity index (χ3n) is 3.18. The molecule has 1 aromatic carbocycles. The lowest BCUT2D eigenvalue weighted by atomic mass is 10.1. The number of nitrogens with two attached hydrogens (primary N) is 1. The summed E-state index contributed by atoms with van der Waals surface area (Å²) < 4.78 is 32.5. The molecule has 1 aromatic rings. The van der Waals surface area contributed by atoms with Crippen molar-refractivity contribution in [1.82, 2.24) is 4.72 Å². The zero-order valence-corrected chi connectivity index (χ0v) is 13.2. The predicted molar refractivity (Wildman–Crippen MR) is 80.0 cm³/mol. The van der Waals surface area contributed by atoms with E-state index in [4.69, 9.17) is 10.5 Å². The van der Waals surface area contributed by atoms with Crippen LogP contribution in [0.4, 0.5) is 0 Å². The van der Waals surface area contributed by atoms with E-state index in [9.17, 15) is 8.42 Å². The Hall–Kier alpha value is -0.950. The van der Waals surface area contributed by atoms with E-state index in [2.05, 4.69) is 4.72 Å². The SMILES string of the molecule is CCCC(COC)NS(=O)(=O)c1ccc(C)c(CN)c1. The van der Waals surface area contributed by atoms with Crippen LogP contribution >= 0.6 is 0 Å². The molecule has 0 bridgehead atoms. The van der Waals surface area contributed by atoms with Crippen LogP contribution in [-0.4, -0.2) is 28.2 Å². The Morgan fingerprint density at radius 3 is 2.65 bits per heavy atom. The van der Waals surface area contributed by atoms with E-state index in [-0.39, 0.29) is 10.9 Å². The molecule has 1 atom stereocenters.